The molecule has 0 saturated carbocycles. The Kier molecular flexibility index (Phi) is 5.82. The fourth-order valence-electron chi connectivity index (χ4n) is 3.09. The molecule has 24 heavy (non-hydrogen) atoms. The van der Waals surface area contributed by atoms with Gasteiger partial charge >= 0.3 is 6.03 Å². The van der Waals surface area contributed by atoms with Crippen LogP contribution in [0, 0.1) is 0 Å². The number of piperidine rings is 1. The van der Waals surface area contributed by atoms with Gasteiger partial charge in [0.05, 0.1) is 12.2 Å². The molecule has 2 heterocycles. The number of aliphatic hydroxyl groups is 1. The molecule has 6 heteroatoms. The Bertz CT molecular complexity index is 657. The van der Waals surface area contributed by atoms with E-state index >= 15 is 0 Å². The molecule has 1 fully saturated rings. The summed E-state index contributed by atoms with van der Waals surface area (Å²) in [5.41, 5.74) is 1.97. The number of nitrogens with zero attached hydrogens (tertiary/aromatic N) is 2. The van der Waals surface area contributed by atoms with E-state index in [9.17, 15) is 4.79 Å². The predicted molar refractivity (Wildman–Crippen MR) is 95.8 cm³/mol. The minimum atomic E-state index is -0.0533. The maximum Gasteiger partial charge on any atom is 0.317 e. The molecule has 128 valence electrons. The molecule has 1 saturated heterocycles. The van der Waals surface area contributed by atoms with E-state index in [1.165, 1.54) is 0 Å². The van der Waals surface area contributed by atoms with Gasteiger partial charge in [0.2, 0.25) is 0 Å². The number of benzene rings is 1. The molecule has 1 unspecified atom stereocenters. The van der Waals surface area contributed by atoms with Crippen LogP contribution in [0.5, 0.6) is 0 Å². The summed E-state index contributed by atoms with van der Waals surface area (Å²) >= 11 is 1.59. The van der Waals surface area contributed by atoms with Crippen LogP contribution in [-0.2, 0) is 6.54 Å². The summed E-state index contributed by atoms with van der Waals surface area (Å²) in [6.45, 7) is 1.33. The molecule has 0 bridgehead atoms. The van der Waals surface area contributed by atoms with Crippen molar-refractivity contribution in [3.05, 3.63) is 41.4 Å². The second-order valence-corrected chi connectivity index (χ2v) is 6.88. The quantitative estimate of drug-likeness (QED) is 0.874. The van der Waals surface area contributed by atoms with Crippen molar-refractivity contribution in [1.82, 2.24) is 15.2 Å². The van der Waals surface area contributed by atoms with Crippen LogP contribution < -0.4 is 5.32 Å². The molecule has 3 rings (SSSR count). The van der Waals surface area contributed by atoms with Gasteiger partial charge in [0.25, 0.3) is 0 Å². The number of rotatable bonds is 5. The van der Waals surface area contributed by atoms with E-state index < -0.39 is 0 Å². The SMILES string of the molecule is O=C(NCc1csc(-c2ccccc2)n1)N1CCCCC1CCO. The number of carbonyl (C=O) groups is 1. The van der Waals surface area contributed by atoms with E-state index in [0.29, 0.717) is 13.0 Å². The summed E-state index contributed by atoms with van der Waals surface area (Å²) in [6, 6.07) is 10.1. The van der Waals surface area contributed by atoms with Gasteiger partial charge in [-0.05, 0) is 25.7 Å². The standard InChI is InChI=1S/C18H23N3O2S/c22-11-9-16-8-4-5-10-21(16)18(23)19-12-15-13-24-17(20-15)14-6-2-1-3-7-14/h1-3,6-7,13,16,22H,4-5,8-12H2,(H,19,23). The number of aromatic nitrogens is 1. The third-order valence-corrected chi connectivity index (χ3v) is 5.28. The van der Waals surface area contributed by atoms with Crippen LogP contribution in [0.1, 0.15) is 31.4 Å². The minimum Gasteiger partial charge on any atom is -0.396 e. The Hall–Kier alpha value is -1.92. The van der Waals surface area contributed by atoms with Crippen LogP contribution in [-0.4, -0.2) is 40.2 Å². The lowest BCUT2D eigenvalue weighted by Gasteiger charge is -2.35. The highest BCUT2D eigenvalue weighted by Crippen LogP contribution is 2.23. The lowest BCUT2D eigenvalue weighted by molar-refractivity contribution is 0.131. The summed E-state index contributed by atoms with van der Waals surface area (Å²) < 4.78 is 0. The van der Waals surface area contributed by atoms with Gasteiger partial charge in [-0.3, -0.25) is 0 Å². The first-order valence-electron chi connectivity index (χ1n) is 8.43. The van der Waals surface area contributed by atoms with Crippen molar-refractivity contribution >= 4 is 17.4 Å². The van der Waals surface area contributed by atoms with Crippen molar-refractivity contribution in [2.75, 3.05) is 13.2 Å². The van der Waals surface area contributed by atoms with Gasteiger partial charge in [0, 0.05) is 30.1 Å². The van der Waals surface area contributed by atoms with Gasteiger partial charge < -0.3 is 15.3 Å². The Balaban J connectivity index is 1.57. The average Bonchev–Trinajstić information content (AvgIpc) is 3.10. The van der Waals surface area contributed by atoms with Gasteiger partial charge in [-0.1, -0.05) is 30.3 Å². The van der Waals surface area contributed by atoms with Crippen LogP contribution in [0.2, 0.25) is 0 Å². The summed E-state index contributed by atoms with van der Waals surface area (Å²) in [7, 11) is 0. The number of likely N-dealkylation sites (tertiary alicyclic amines) is 1. The maximum atomic E-state index is 12.4. The first kappa shape index (κ1) is 16.9. The van der Waals surface area contributed by atoms with Gasteiger partial charge in [-0.25, -0.2) is 9.78 Å². The molecular weight excluding hydrogens is 322 g/mol. The summed E-state index contributed by atoms with van der Waals surface area (Å²) in [4.78, 5) is 18.9. The van der Waals surface area contributed by atoms with Crippen LogP contribution >= 0.6 is 11.3 Å². The number of thiazole rings is 1. The van der Waals surface area contributed by atoms with Crippen LogP contribution in [0.3, 0.4) is 0 Å². The number of nitrogens with one attached hydrogen (secondary N) is 1. The number of hydrogen-bond acceptors (Lipinski definition) is 4. The first-order valence-corrected chi connectivity index (χ1v) is 9.31. The number of aliphatic hydroxyl groups excluding tert-OH is 1. The molecule has 2 aromatic rings. The topological polar surface area (TPSA) is 65.5 Å². The van der Waals surface area contributed by atoms with Crippen LogP contribution in [0.4, 0.5) is 4.79 Å². The molecule has 1 atom stereocenters. The minimum absolute atomic E-state index is 0.0533. The molecule has 0 spiro atoms. The van der Waals surface area contributed by atoms with Crippen molar-refractivity contribution in [3.8, 4) is 10.6 Å². The molecule has 0 aliphatic carbocycles. The van der Waals surface area contributed by atoms with Crippen molar-refractivity contribution in [3.63, 3.8) is 0 Å². The van der Waals surface area contributed by atoms with Gasteiger partial charge in [-0.2, -0.15) is 0 Å². The predicted octanol–water partition coefficient (Wildman–Crippen LogP) is 3.26. The number of carbonyl (C=O) groups excluding carboxylic acids is 1. The molecule has 1 aromatic carbocycles. The molecule has 1 aliphatic heterocycles. The van der Waals surface area contributed by atoms with E-state index in [1.807, 2.05) is 40.6 Å². The molecule has 1 aromatic heterocycles. The zero-order valence-corrected chi connectivity index (χ0v) is 14.5. The Labute approximate surface area is 146 Å². The maximum absolute atomic E-state index is 12.4. The van der Waals surface area contributed by atoms with Gasteiger partial charge in [0.1, 0.15) is 5.01 Å². The summed E-state index contributed by atoms with van der Waals surface area (Å²) in [5.74, 6) is 0. The molecule has 2 N–H and O–H groups in total. The van der Waals surface area contributed by atoms with Gasteiger partial charge in [0.15, 0.2) is 0 Å². The van der Waals surface area contributed by atoms with Gasteiger partial charge in [-0.15, -0.1) is 11.3 Å². The third-order valence-electron chi connectivity index (χ3n) is 4.34. The monoisotopic (exact) mass is 345 g/mol. The Morgan fingerprint density at radius 3 is 2.96 bits per heavy atom. The second-order valence-electron chi connectivity index (χ2n) is 6.02. The second kappa shape index (κ2) is 8.26. The number of urea groups is 1. The van der Waals surface area contributed by atoms with E-state index in [0.717, 1.165) is 42.1 Å². The number of hydrogen-bond donors (Lipinski definition) is 2. The van der Waals surface area contributed by atoms with Crippen LogP contribution in [0.25, 0.3) is 10.6 Å². The van der Waals surface area contributed by atoms with Crippen molar-refractivity contribution in [2.24, 2.45) is 0 Å². The molecule has 1 aliphatic rings. The average molecular weight is 345 g/mol. The molecule has 2 amide bonds. The highest BCUT2D eigenvalue weighted by Gasteiger charge is 2.26. The smallest absolute Gasteiger partial charge is 0.317 e. The molecule has 0 radical (unpaired) electrons. The fourth-order valence-corrected chi connectivity index (χ4v) is 3.91. The van der Waals surface area contributed by atoms with E-state index in [1.54, 1.807) is 11.3 Å². The highest BCUT2D eigenvalue weighted by atomic mass is 32.1. The fraction of sp³-hybridized carbons (Fsp3) is 0.444. The van der Waals surface area contributed by atoms with Crippen molar-refractivity contribution in [2.45, 2.75) is 38.3 Å². The first-order chi connectivity index (χ1) is 11.8. The highest BCUT2D eigenvalue weighted by molar-refractivity contribution is 7.13. The van der Waals surface area contributed by atoms with Crippen molar-refractivity contribution < 1.29 is 9.90 Å². The van der Waals surface area contributed by atoms with E-state index in [-0.39, 0.29) is 18.7 Å². The lowest BCUT2D eigenvalue weighted by atomic mass is 10.0. The zero-order valence-electron chi connectivity index (χ0n) is 13.6. The Morgan fingerprint density at radius 2 is 2.17 bits per heavy atom. The van der Waals surface area contributed by atoms with Crippen LogP contribution in [0.15, 0.2) is 35.7 Å². The van der Waals surface area contributed by atoms with E-state index in [2.05, 4.69) is 10.3 Å². The van der Waals surface area contributed by atoms with Crippen molar-refractivity contribution in [1.29, 1.82) is 0 Å². The van der Waals surface area contributed by atoms with E-state index in [4.69, 9.17) is 5.11 Å². The molecular formula is C18H23N3O2S. The Morgan fingerprint density at radius 1 is 1.33 bits per heavy atom. The lowest BCUT2D eigenvalue weighted by Crippen LogP contribution is -2.48. The summed E-state index contributed by atoms with van der Waals surface area (Å²) in [5, 5.41) is 15.1. The molecule has 5 nitrogen and oxygen atoms in total. The zero-order chi connectivity index (χ0) is 16.8. The number of amides is 2. The normalized spacial score (nSPS) is 17.7. The summed E-state index contributed by atoms with van der Waals surface area (Å²) in [6.07, 6.45) is 3.79. The largest absolute Gasteiger partial charge is 0.396 e. The third kappa shape index (κ3) is 4.13.